The van der Waals surface area contributed by atoms with E-state index in [0.29, 0.717) is 25.5 Å². The first-order chi connectivity index (χ1) is 17.2. The average molecular weight is 546 g/mol. The highest BCUT2D eigenvalue weighted by Crippen LogP contribution is 2.31. The Labute approximate surface area is 220 Å². The molecule has 3 aliphatic heterocycles. The summed E-state index contributed by atoms with van der Waals surface area (Å²) >= 11 is 7.62. The second-order valence-corrected chi connectivity index (χ2v) is 11.3. The van der Waals surface area contributed by atoms with Crippen molar-refractivity contribution in [1.82, 2.24) is 20.5 Å². The van der Waals surface area contributed by atoms with Crippen molar-refractivity contribution in [3.05, 3.63) is 23.9 Å². The van der Waals surface area contributed by atoms with Gasteiger partial charge in [0, 0.05) is 38.3 Å². The van der Waals surface area contributed by atoms with E-state index in [1.165, 1.54) is 11.8 Å². The van der Waals surface area contributed by atoms with Crippen LogP contribution in [0.5, 0.6) is 0 Å². The lowest BCUT2D eigenvalue weighted by Crippen LogP contribution is -2.65. The molecule has 3 aliphatic rings. The number of nitrogens with one attached hydrogen (secondary N) is 2. The third kappa shape index (κ3) is 6.08. The molecule has 0 saturated carbocycles. The minimum absolute atomic E-state index is 0.103. The number of aliphatic hydroxyl groups excluding tert-OH is 3. The number of carbonyl (C=O) groups is 1. The van der Waals surface area contributed by atoms with Crippen molar-refractivity contribution in [3.63, 3.8) is 0 Å². The summed E-state index contributed by atoms with van der Waals surface area (Å²) in [5, 5.41) is 36.7. The number of ether oxygens (including phenoxy) is 2. The number of thioether (sulfide) groups is 1. The van der Waals surface area contributed by atoms with Gasteiger partial charge in [0.05, 0.1) is 24.1 Å². The van der Waals surface area contributed by atoms with E-state index in [9.17, 15) is 20.1 Å². The zero-order chi connectivity index (χ0) is 26.0. The number of pyridine rings is 1. The molecule has 0 aromatic carbocycles. The number of hydrogen-bond acceptors (Lipinski definition) is 11. The van der Waals surface area contributed by atoms with Crippen LogP contribution in [0.4, 0.5) is 5.82 Å². The highest BCUT2D eigenvalue weighted by Gasteiger charge is 2.49. The Hall–Kier alpha value is -1.22. The third-order valence-corrected chi connectivity index (χ3v) is 8.26. The summed E-state index contributed by atoms with van der Waals surface area (Å²) in [7, 11) is 0. The lowest BCUT2D eigenvalue weighted by Gasteiger charge is -2.44. The first kappa shape index (κ1) is 27.8. The van der Waals surface area contributed by atoms with Crippen molar-refractivity contribution < 1.29 is 29.6 Å². The third-order valence-electron chi connectivity index (χ3n) is 7.14. The van der Waals surface area contributed by atoms with E-state index in [1.807, 2.05) is 6.07 Å². The molecule has 4 rings (SSSR count). The molecule has 0 aliphatic carbocycles. The summed E-state index contributed by atoms with van der Waals surface area (Å²) in [4.78, 5) is 19.8. The minimum Gasteiger partial charge on any atom is -0.388 e. The predicted octanol–water partition coefficient (Wildman–Crippen LogP) is -1.26. The molecule has 4 heterocycles. The van der Waals surface area contributed by atoms with Gasteiger partial charge < -0.3 is 41.2 Å². The van der Waals surface area contributed by atoms with Crippen LogP contribution in [-0.2, 0) is 20.8 Å². The average Bonchev–Trinajstić information content (AvgIpc) is 3.14. The molecule has 3 unspecified atom stereocenters. The molecular formula is C23H36ClN5O6S. The van der Waals surface area contributed by atoms with Crippen LogP contribution < -0.4 is 16.4 Å². The van der Waals surface area contributed by atoms with Gasteiger partial charge in [0.25, 0.3) is 0 Å². The second-order valence-electron chi connectivity index (χ2n) is 9.70. The van der Waals surface area contributed by atoms with Gasteiger partial charge >= 0.3 is 0 Å². The van der Waals surface area contributed by atoms with Crippen LogP contribution in [0, 0.1) is 5.92 Å². The topological polar surface area (TPSA) is 162 Å². The molecule has 3 fully saturated rings. The van der Waals surface area contributed by atoms with Crippen LogP contribution in [0.2, 0.25) is 0 Å². The normalized spacial score (nSPS) is 37.1. The quantitative estimate of drug-likeness (QED) is 0.227. The molecule has 0 radical (unpaired) electrons. The van der Waals surface area contributed by atoms with Gasteiger partial charge in [0.1, 0.15) is 41.7 Å². The number of aliphatic hydroxyl groups is 3. The lowest BCUT2D eigenvalue weighted by atomic mass is 9.92. The van der Waals surface area contributed by atoms with E-state index in [4.69, 9.17) is 26.8 Å². The summed E-state index contributed by atoms with van der Waals surface area (Å²) in [6.45, 7) is 4.97. The number of amides is 1. The molecule has 3 saturated heterocycles. The Morgan fingerprint density at radius 3 is 2.81 bits per heavy atom. The van der Waals surface area contributed by atoms with E-state index in [0.717, 1.165) is 18.7 Å². The molecule has 0 spiro atoms. The molecule has 13 heteroatoms. The van der Waals surface area contributed by atoms with Crippen molar-refractivity contribution >= 4 is 35.1 Å². The van der Waals surface area contributed by atoms with Crippen LogP contribution in [0.1, 0.15) is 12.5 Å². The molecule has 1 aromatic rings. The zero-order valence-corrected chi connectivity index (χ0v) is 21.9. The number of nitrogen functional groups attached to an aromatic ring is 1. The van der Waals surface area contributed by atoms with E-state index >= 15 is 0 Å². The fourth-order valence-electron chi connectivity index (χ4n) is 5.18. The number of halogens is 1. The van der Waals surface area contributed by atoms with Crippen LogP contribution in [0.25, 0.3) is 0 Å². The van der Waals surface area contributed by atoms with Gasteiger partial charge in [-0.3, -0.25) is 9.69 Å². The van der Waals surface area contributed by atoms with Gasteiger partial charge in [-0.05, 0) is 24.8 Å². The molecule has 0 bridgehead atoms. The summed E-state index contributed by atoms with van der Waals surface area (Å²) < 4.78 is 12.0. The van der Waals surface area contributed by atoms with Crippen LogP contribution in [0.15, 0.2) is 18.3 Å². The molecule has 11 nitrogen and oxygen atoms in total. The number of nitrogens with two attached hydrogens (primary N) is 1. The molecule has 1 aromatic heterocycles. The monoisotopic (exact) mass is 545 g/mol. The van der Waals surface area contributed by atoms with Gasteiger partial charge in [0.15, 0.2) is 0 Å². The van der Waals surface area contributed by atoms with Gasteiger partial charge in [-0.1, -0.05) is 6.07 Å². The van der Waals surface area contributed by atoms with Gasteiger partial charge in [-0.2, -0.15) is 0 Å². The summed E-state index contributed by atoms with van der Waals surface area (Å²) in [5.74, 6) is 0.275. The van der Waals surface area contributed by atoms with Gasteiger partial charge in [-0.25, -0.2) is 4.98 Å². The Morgan fingerprint density at radius 2 is 2.14 bits per heavy atom. The van der Waals surface area contributed by atoms with Crippen molar-refractivity contribution in [2.45, 2.75) is 66.9 Å². The first-order valence-corrected chi connectivity index (χ1v) is 13.9. The SMILES string of the molecule is CSC1O[C@H]([C@H](NC(=O)[C@H]2NC[C@@H]3CN(Cc4ccc(N)nc4)CCO[C@H]32)[C@H](C)Cl)C(O)C(O)[C@H]1O. The number of rotatable bonds is 7. The Morgan fingerprint density at radius 1 is 1.36 bits per heavy atom. The summed E-state index contributed by atoms with van der Waals surface area (Å²) in [6, 6.07) is 2.35. The van der Waals surface area contributed by atoms with Crippen LogP contribution in [0.3, 0.4) is 0 Å². The number of aromatic nitrogens is 1. The second kappa shape index (κ2) is 12.1. The summed E-state index contributed by atoms with van der Waals surface area (Å²) in [5.41, 5.74) is 5.99. The Balaban J connectivity index is 1.40. The maximum absolute atomic E-state index is 13.4. The van der Waals surface area contributed by atoms with E-state index in [-0.39, 0.29) is 17.9 Å². The molecule has 36 heavy (non-hydrogen) atoms. The van der Waals surface area contributed by atoms with E-state index < -0.39 is 47.3 Å². The van der Waals surface area contributed by atoms with Crippen molar-refractivity contribution in [2.75, 3.05) is 38.2 Å². The largest absolute Gasteiger partial charge is 0.388 e. The number of carbonyl (C=O) groups excluding carboxylic acids is 1. The fourth-order valence-corrected chi connectivity index (χ4v) is 6.06. The number of hydrogen-bond donors (Lipinski definition) is 6. The minimum atomic E-state index is -1.42. The van der Waals surface area contributed by atoms with Crippen molar-refractivity contribution in [2.24, 2.45) is 5.92 Å². The highest BCUT2D eigenvalue weighted by atomic mass is 35.5. The number of fused-ring (bicyclic) bond motifs is 1. The van der Waals surface area contributed by atoms with Gasteiger partial charge in [0.2, 0.25) is 5.91 Å². The highest BCUT2D eigenvalue weighted by molar-refractivity contribution is 7.99. The molecule has 10 atom stereocenters. The summed E-state index contributed by atoms with van der Waals surface area (Å²) in [6.07, 6.45) is -1.90. The predicted molar refractivity (Wildman–Crippen MR) is 136 cm³/mol. The fraction of sp³-hybridized carbons (Fsp3) is 0.739. The van der Waals surface area contributed by atoms with E-state index in [1.54, 1.807) is 25.4 Å². The van der Waals surface area contributed by atoms with Crippen molar-refractivity contribution in [3.8, 4) is 0 Å². The maximum Gasteiger partial charge on any atom is 0.240 e. The number of alkyl halides is 1. The maximum atomic E-state index is 13.4. The van der Waals surface area contributed by atoms with Crippen LogP contribution in [-0.4, -0.2) is 117 Å². The van der Waals surface area contributed by atoms with Crippen molar-refractivity contribution in [1.29, 1.82) is 0 Å². The van der Waals surface area contributed by atoms with E-state index in [2.05, 4.69) is 20.5 Å². The first-order valence-electron chi connectivity index (χ1n) is 12.1. The Bertz CT molecular complexity index is 883. The molecule has 1 amide bonds. The molecule has 202 valence electrons. The smallest absolute Gasteiger partial charge is 0.240 e. The lowest BCUT2D eigenvalue weighted by molar-refractivity contribution is -0.205. The Kier molecular flexibility index (Phi) is 9.34. The standard InChI is InChI=1S/C23H36ClN5O6S/c1-11(24)15(21-18(31)17(30)19(32)23(35-21)36-2)28-22(33)16-20-13(8-27-16)10-29(5-6-34-20)9-12-3-4-14(25)26-7-12/h3-4,7,11,13,15-21,23,27,30-32H,5-6,8-10H2,1-2H3,(H2,25,26)(H,28,33)/t11-,13+,15+,16-,17?,18?,19+,20+,21+,23?/m0/s1. The van der Waals surface area contributed by atoms with Crippen LogP contribution >= 0.6 is 23.4 Å². The zero-order valence-electron chi connectivity index (χ0n) is 20.4. The number of nitrogens with zero attached hydrogens (tertiary/aromatic N) is 2. The number of anilines is 1. The van der Waals surface area contributed by atoms with Gasteiger partial charge in [-0.15, -0.1) is 23.4 Å². The molecule has 7 N–H and O–H groups in total. The molecular weight excluding hydrogens is 510 g/mol.